The van der Waals surface area contributed by atoms with Crippen LogP contribution in [0.4, 0.5) is 17.1 Å². The van der Waals surface area contributed by atoms with Gasteiger partial charge in [-0.25, -0.2) is 0 Å². The van der Waals surface area contributed by atoms with Gasteiger partial charge < -0.3 is 15.4 Å². The molecule has 3 rings (SSSR count). The predicted octanol–water partition coefficient (Wildman–Crippen LogP) is 4.68. The largest absolute Gasteiger partial charge is 0.492 e. The Morgan fingerprint density at radius 1 is 1.00 bits per heavy atom. The number of nitrogens with one attached hydrogen (secondary N) is 2. The van der Waals surface area contributed by atoms with E-state index in [1.54, 1.807) is 42.6 Å². The van der Waals surface area contributed by atoms with Crippen LogP contribution in [0.25, 0.3) is 0 Å². The second-order valence-electron chi connectivity index (χ2n) is 6.07. The Hall–Kier alpha value is -3.67. The number of nitrogens with zero attached hydrogens (tertiary/aromatic N) is 1. The van der Waals surface area contributed by atoms with Crippen LogP contribution in [-0.4, -0.2) is 23.3 Å². The number of pyridine rings is 1. The molecule has 0 aliphatic rings. The fourth-order valence-corrected chi connectivity index (χ4v) is 2.63. The fraction of sp³-hybridized carbons (Fsp3) is 0.136. The highest BCUT2D eigenvalue weighted by Crippen LogP contribution is 2.24. The molecule has 1 aromatic heterocycles. The molecule has 0 fully saturated rings. The van der Waals surface area contributed by atoms with E-state index in [2.05, 4.69) is 15.6 Å². The van der Waals surface area contributed by atoms with E-state index in [9.17, 15) is 9.59 Å². The lowest BCUT2D eigenvalue weighted by atomic mass is 10.1. The Balaban J connectivity index is 1.74. The van der Waals surface area contributed by atoms with Crippen molar-refractivity contribution >= 4 is 28.8 Å². The van der Waals surface area contributed by atoms with E-state index in [0.29, 0.717) is 29.3 Å². The van der Waals surface area contributed by atoms with Gasteiger partial charge in [0.25, 0.3) is 5.91 Å². The molecular weight excluding hydrogens is 354 g/mol. The minimum absolute atomic E-state index is 0.0155. The smallest absolute Gasteiger partial charge is 0.274 e. The number of ether oxygens (including phenoxy) is 1. The molecule has 3 aromatic rings. The molecule has 0 radical (unpaired) electrons. The summed E-state index contributed by atoms with van der Waals surface area (Å²) in [5.74, 6) is 0.294. The SMILES string of the molecule is CCOc1ccccc1NC(=O)c1cc(Nc2ccc(C(C)=O)cc2)ccn1. The van der Waals surface area contributed by atoms with Gasteiger partial charge in [-0.2, -0.15) is 0 Å². The molecule has 0 bridgehead atoms. The first kappa shape index (κ1) is 19.1. The van der Waals surface area contributed by atoms with E-state index in [-0.39, 0.29) is 17.4 Å². The van der Waals surface area contributed by atoms with Crippen LogP contribution >= 0.6 is 0 Å². The summed E-state index contributed by atoms with van der Waals surface area (Å²) >= 11 is 0. The summed E-state index contributed by atoms with van der Waals surface area (Å²) in [6, 6.07) is 17.8. The highest BCUT2D eigenvalue weighted by Gasteiger charge is 2.11. The lowest BCUT2D eigenvalue weighted by Crippen LogP contribution is -2.14. The van der Waals surface area contributed by atoms with Gasteiger partial charge in [0.2, 0.25) is 0 Å². The number of aromatic nitrogens is 1. The first-order valence-corrected chi connectivity index (χ1v) is 8.94. The first-order valence-electron chi connectivity index (χ1n) is 8.94. The molecule has 0 aliphatic heterocycles. The van der Waals surface area contributed by atoms with Crippen molar-refractivity contribution in [2.24, 2.45) is 0 Å². The van der Waals surface area contributed by atoms with Gasteiger partial charge in [-0.15, -0.1) is 0 Å². The molecule has 1 amide bonds. The molecule has 2 aromatic carbocycles. The molecule has 0 aliphatic carbocycles. The van der Waals surface area contributed by atoms with Gasteiger partial charge in [0, 0.05) is 23.1 Å². The van der Waals surface area contributed by atoms with E-state index < -0.39 is 0 Å². The average Bonchev–Trinajstić information content (AvgIpc) is 2.70. The fourth-order valence-electron chi connectivity index (χ4n) is 2.63. The molecule has 0 atom stereocenters. The quantitative estimate of drug-likeness (QED) is 0.586. The first-order chi connectivity index (χ1) is 13.6. The van der Waals surface area contributed by atoms with Crippen LogP contribution in [0.1, 0.15) is 34.7 Å². The lowest BCUT2D eigenvalue weighted by Gasteiger charge is -2.12. The van der Waals surface area contributed by atoms with Crippen LogP contribution < -0.4 is 15.4 Å². The van der Waals surface area contributed by atoms with Gasteiger partial charge in [-0.3, -0.25) is 14.6 Å². The number of Topliss-reactive ketones (excluding diaryl/α,β-unsaturated/α-hetero) is 1. The molecule has 6 heteroatoms. The van der Waals surface area contributed by atoms with Crippen molar-refractivity contribution in [3.63, 3.8) is 0 Å². The molecule has 142 valence electrons. The zero-order valence-electron chi connectivity index (χ0n) is 15.7. The maximum absolute atomic E-state index is 12.6. The topological polar surface area (TPSA) is 80.3 Å². The van der Waals surface area contributed by atoms with Gasteiger partial charge in [0.1, 0.15) is 11.4 Å². The highest BCUT2D eigenvalue weighted by atomic mass is 16.5. The summed E-state index contributed by atoms with van der Waals surface area (Å²) in [4.78, 5) is 28.1. The minimum Gasteiger partial charge on any atom is -0.492 e. The third-order valence-electron chi connectivity index (χ3n) is 4.01. The van der Waals surface area contributed by atoms with Crippen molar-refractivity contribution in [3.05, 3.63) is 78.1 Å². The zero-order chi connectivity index (χ0) is 19.9. The Morgan fingerprint density at radius 3 is 2.46 bits per heavy atom. The molecule has 1 heterocycles. The summed E-state index contributed by atoms with van der Waals surface area (Å²) in [6.45, 7) is 3.92. The number of anilines is 3. The number of benzene rings is 2. The number of hydrogen-bond donors (Lipinski definition) is 2. The van der Waals surface area contributed by atoms with Crippen molar-refractivity contribution in [2.45, 2.75) is 13.8 Å². The van der Waals surface area contributed by atoms with Gasteiger partial charge in [0.15, 0.2) is 5.78 Å². The third kappa shape index (κ3) is 4.73. The number of ketones is 1. The van der Waals surface area contributed by atoms with Gasteiger partial charge in [-0.05, 0) is 62.4 Å². The molecule has 0 saturated heterocycles. The molecule has 6 nitrogen and oxygen atoms in total. The number of hydrogen-bond acceptors (Lipinski definition) is 5. The molecule has 0 saturated carbocycles. The zero-order valence-corrected chi connectivity index (χ0v) is 15.7. The van der Waals surface area contributed by atoms with Crippen molar-refractivity contribution in [3.8, 4) is 5.75 Å². The van der Waals surface area contributed by atoms with Crippen LogP contribution in [0.5, 0.6) is 5.75 Å². The maximum Gasteiger partial charge on any atom is 0.274 e. The van der Waals surface area contributed by atoms with Crippen LogP contribution in [0.2, 0.25) is 0 Å². The Kier molecular flexibility index (Phi) is 6.01. The van der Waals surface area contributed by atoms with Gasteiger partial charge in [0.05, 0.1) is 12.3 Å². The molecule has 2 N–H and O–H groups in total. The molecule has 0 spiro atoms. The van der Waals surface area contributed by atoms with Gasteiger partial charge in [-0.1, -0.05) is 12.1 Å². The van der Waals surface area contributed by atoms with Crippen molar-refractivity contribution in [1.29, 1.82) is 0 Å². The minimum atomic E-state index is -0.331. The second kappa shape index (κ2) is 8.81. The van der Waals surface area contributed by atoms with Crippen LogP contribution in [-0.2, 0) is 0 Å². The Morgan fingerprint density at radius 2 is 1.75 bits per heavy atom. The molecular formula is C22H21N3O3. The third-order valence-corrected chi connectivity index (χ3v) is 4.01. The predicted molar refractivity (Wildman–Crippen MR) is 110 cm³/mol. The Bertz CT molecular complexity index is 984. The van der Waals surface area contributed by atoms with E-state index in [4.69, 9.17) is 4.74 Å². The van der Waals surface area contributed by atoms with Crippen molar-refractivity contribution in [2.75, 3.05) is 17.2 Å². The van der Waals surface area contributed by atoms with E-state index in [0.717, 1.165) is 5.69 Å². The number of amides is 1. The standard InChI is InChI=1S/C22H21N3O3/c1-3-28-21-7-5-4-6-19(21)25-22(27)20-14-18(12-13-23-20)24-17-10-8-16(9-11-17)15(2)26/h4-14H,3H2,1-2H3,(H,23,24)(H,25,27). The van der Waals surface area contributed by atoms with Crippen molar-refractivity contribution < 1.29 is 14.3 Å². The van der Waals surface area contributed by atoms with E-state index in [1.165, 1.54) is 6.92 Å². The molecule has 0 unspecified atom stereocenters. The van der Waals surface area contributed by atoms with E-state index in [1.807, 2.05) is 31.2 Å². The summed E-state index contributed by atoms with van der Waals surface area (Å²) in [6.07, 6.45) is 1.57. The highest BCUT2D eigenvalue weighted by molar-refractivity contribution is 6.04. The Labute approximate surface area is 163 Å². The summed E-state index contributed by atoms with van der Waals surface area (Å²) < 4.78 is 5.53. The van der Waals surface area contributed by atoms with Gasteiger partial charge >= 0.3 is 0 Å². The summed E-state index contributed by atoms with van der Waals surface area (Å²) in [5, 5.41) is 6.04. The second-order valence-corrected chi connectivity index (χ2v) is 6.07. The number of para-hydroxylation sites is 2. The molecule has 28 heavy (non-hydrogen) atoms. The van der Waals surface area contributed by atoms with Crippen LogP contribution in [0.3, 0.4) is 0 Å². The number of rotatable bonds is 7. The summed E-state index contributed by atoms with van der Waals surface area (Å²) in [5.41, 5.74) is 3.04. The van der Waals surface area contributed by atoms with Crippen molar-refractivity contribution in [1.82, 2.24) is 4.98 Å². The lowest BCUT2D eigenvalue weighted by molar-refractivity contribution is 0.101. The summed E-state index contributed by atoms with van der Waals surface area (Å²) in [7, 11) is 0. The monoisotopic (exact) mass is 375 g/mol. The van der Waals surface area contributed by atoms with Crippen LogP contribution in [0.15, 0.2) is 66.9 Å². The average molecular weight is 375 g/mol. The van der Waals surface area contributed by atoms with E-state index >= 15 is 0 Å². The normalized spacial score (nSPS) is 10.2. The van der Waals surface area contributed by atoms with Crippen LogP contribution in [0, 0.1) is 0 Å². The number of carbonyl (C=O) groups excluding carboxylic acids is 2. The maximum atomic E-state index is 12.6. The number of carbonyl (C=O) groups is 2.